The lowest BCUT2D eigenvalue weighted by atomic mass is 10.1. The van der Waals surface area contributed by atoms with Gasteiger partial charge < -0.3 is 9.47 Å². The van der Waals surface area contributed by atoms with Crippen molar-refractivity contribution in [1.29, 1.82) is 0 Å². The van der Waals surface area contributed by atoms with Gasteiger partial charge in [0.05, 0.1) is 18.6 Å². The minimum atomic E-state index is -0.0347. The maximum absolute atomic E-state index is 12.7. The van der Waals surface area contributed by atoms with Crippen molar-refractivity contribution in [2.45, 2.75) is 26.2 Å². The average molecular weight is 506 g/mol. The van der Waals surface area contributed by atoms with Crippen LogP contribution in [0, 0.1) is 0 Å². The molecule has 158 valence electrons. The van der Waals surface area contributed by atoms with Crippen molar-refractivity contribution in [3.05, 3.63) is 63.0 Å². The van der Waals surface area contributed by atoms with Gasteiger partial charge in [-0.2, -0.15) is 0 Å². The molecule has 1 heterocycles. The smallest absolute Gasteiger partial charge is 0.266 e. The SMILES string of the molecule is CCCCN1C(=O)/C(=C/c2cc(OC)c(OCCc3ccccc3)cc2Br)SC1=S. The molecule has 7 heteroatoms. The van der Waals surface area contributed by atoms with Crippen LogP contribution in [-0.4, -0.2) is 35.4 Å². The number of nitrogens with zero attached hydrogens (tertiary/aromatic N) is 1. The third-order valence-corrected chi connectivity index (χ3v) is 6.73. The van der Waals surface area contributed by atoms with Gasteiger partial charge in [0, 0.05) is 17.4 Å². The van der Waals surface area contributed by atoms with E-state index in [0.29, 0.717) is 33.9 Å². The Morgan fingerprint density at radius 1 is 1.20 bits per heavy atom. The van der Waals surface area contributed by atoms with Crippen molar-refractivity contribution >= 4 is 56.2 Å². The number of carbonyl (C=O) groups is 1. The number of thioether (sulfide) groups is 1. The Hall–Kier alpha value is -1.83. The highest BCUT2D eigenvalue weighted by Crippen LogP contribution is 2.38. The number of halogens is 1. The number of hydrogen-bond acceptors (Lipinski definition) is 5. The molecule has 0 radical (unpaired) electrons. The van der Waals surface area contributed by atoms with Crippen LogP contribution in [0.2, 0.25) is 0 Å². The summed E-state index contributed by atoms with van der Waals surface area (Å²) < 4.78 is 12.9. The molecule has 0 bridgehead atoms. The van der Waals surface area contributed by atoms with Crippen molar-refractivity contribution in [3.8, 4) is 11.5 Å². The summed E-state index contributed by atoms with van der Waals surface area (Å²) in [5.74, 6) is 1.25. The van der Waals surface area contributed by atoms with Crippen molar-refractivity contribution in [3.63, 3.8) is 0 Å². The largest absolute Gasteiger partial charge is 0.493 e. The van der Waals surface area contributed by atoms with E-state index < -0.39 is 0 Å². The summed E-state index contributed by atoms with van der Waals surface area (Å²) in [6, 6.07) is 14.0. The first-order chi connectivity index (χ1) is 14.5. The summed E-state index contributed by atoms with van der Waals surface area (Å²) in [4.78, 5) is 15.0. The number of benzene rings is 2. The summed E-state index contributed by atoms with van der Waals surface area (Å²) in [6.45, 7) is 3.31. The summed E-state index contributed by atoms with van der Waals surface area (Å²) >= 11 is 10.3. The predicted molar refractivity (Wildman–Crippen MR) is 131 cm³/mol. The van der Waals surface area contributed by atoms with Crippen LogP contribution in [0.3, 0.4) is 0 Å². The molecule has 1 aliphatic rings. The number of methoxy groups -OCH3 is 1. The van der Waals surface area contributed by atoms with Crippen molar-refractivity contribution in [2.24, 2.45) is 0 Å². The Morgan fingerprint density at radius 2 is 1.97 bits per heavy atom. The Bertz CT molecular complexity index is 947. The number of rotatable bonds is 9. The summed E-state index contributed by atoms with van der Waals surface area (Å²) in [5, 5.41) is 0. The number of ether oxygens (including phenoxy) is 2. The molecule has 3 rings (SSSR count). The van der Waals surface area contributed by atoms with Gasteiger partial charge in [0.1, 0.15) is 4.32 Å². The van der Waals surface area contributed by atoms with E-state index in [0.717, 1.165) is 29.3 Å². The third-order valence-electron chi connectivity index (χ3n) is 4.67. The average Bonchev–Trinajstić information content (AvgIpc) is 3.01. The topological polar surface area (TPSA) is 38.8 Å². The first-order valence-corrected chi connectivity index (χ1v) is 11.8. The van der Waals surface area contributed by atoms with Gasteiger partial charge in [0.15, 0.2) is 11.5 Å². The Morgan fingerprint density at radius 3 is 2.67 bits per heavy atom. The molecule has 0 aromatic heterocycles. The van der Waals surface area contributed by atoms with Gasteiger partial charge in [0.25, 0.3) is 5.91 Å². The minimum Gasteiger partial charge on any atom is -0.493 e. The molecule has 0 spiro atoms. The van der Waals surface area contributed by atoms with Crippen LogP contribution >= 0.6 is 39.9 Å². The number of amides is 1. The molecule has 1 amide bonds. The van der Waals surface area contributed by atoms with E-state index in [1.165, 1.54) is 17.3 Å². The number of unbranched alkanes of at least 4 members (excludes halogenated alkanes) is 1. The Balaban J connectivity index is 1.74. The van der Waals surface area contributed by atoms with Gasteiger partial charge in [-0.25, -0.2) is 0 Å². The number of carbonyl (C=O) groups excluding carboxylic acids is 1. The minimum absolute atomic E-state index is 0.0347. The van der Waals surface area contributed by atoms with Gasteiger partial charge in [0.2, 0.25) is 0 Å². The molecular formula is C23H24BrNO3S2. The maximum atomic E-state index is 12.7. The van der Waals surface area contributed by atoms with E-state index in [4.69, 9.17) is 21.7 Å². The lowest BCUT2D eigenvalue weighted by molar-refractivity contribution is -0.122. The standard InChI is InChI=1S/C23H24BrNO3S2/c1-3-4-11-25-22(26)21(30-23(25)29)14-17-13-19(27-2)20(15-18(17)24)28-12-10-16-8-6-5-7-9-16/h5-9,13-15H,3-4,10-12H2,1-2H3/b21-14-. The van der Waals surface area contributed by atoms with Crippen molar-refractivity contribution in [1.82, 2.24) is 4.90 Å². The highest BCUT2D eigenvalue weighted by atomic mass is 79.9. The van der Waals surface area contributed by atoms with Crippen LogP contribution in [0.25, 0.3) is 6.08 Å². The van der Waals surface area contributed by atoms with Crippen LogP contribution in [0.5, 0.6) is 11.5 Å². The van der Waals surface area contributed by atoms with E-state index in [9.17, 15) is 4.79 Å². The van der Waals surface area contributed by atoms with Gasteiger partial charge in [-0.3, -0.25) is 9.69 Å². The summed E-state index contributed by atoms with van der Waals surface area (Å²) in [5.41, 5.74) is 2.07. The van der Waals surface area contributed by atoms with Gasteiger partial charge in [-0.1, -0.05) is 83.6 Å². The fraction of sp³-hybridized carbons (Fsp3) is 0.304. The molecule has 30 heavy (non-hydrogen) atoms. The summed E-state index contributed by atoms with van der Waals surface area (Å²) in [7, 11) is 1.61. The second-order valence-electron chi connectivity index (χ2n) is 6.80. The third kappa shape index (κ3) is 5.65. The molecule has 1 aliphatic heterocycles. The van der Waals surface area contributed by atoms with E-state index in [-0.39, 0.29) is 5.91 Å². The highest BCUT2D eigenvalue weighted by Gasteiger charge is 2.31. The molecule has 0 unspecified atom stereocenters. The first kappa shape index (κ1) is 22.8. The van der Waals surface area contributed by atoms with Crippen LogP contribution in [0.15, 0.2) is 51.8 Å². The molecule has 2 aromatic rings. The summed E-state index contributed by atoms with van der Waals surface area (Å²) in [6.07, 6.45) is 4.62. The second kappa shape index (κ2) is 11.0. The molecule has 2 aromatic carbocycles. The molecule has 0 N–H and O–H groups in total. The molecule has 0 saturated carbocycles. The normalized spacial score (nSPS) is 15.2. The Labute approximate surface area is 195 Å². The van der Waals surface area contributed by atoms with Crippen LogP contribution in [-0.2, 0) is 11.2 Å². The zero-order chi connectivity index (χ0) is 21.5. The van der Waals surface area contributed by atoms with Gasteiger partial charge in [-0.05, 0) is 35.8 Å². The fourth-order valence-electron chi connectivity index (χ4n) is 3.01. The molecular weight excluding hydrogens is 482 g/mol. The Kier molecular flexibility index (Phi) is 8.36. The fourth-order valence-corrected chi connectivity index (χ4v) is 4.74. The second-order valence-corrected chi connectivity index (χ2v) is 9.33. The highest BCUT2D eigenvalue weighted by molar-refractivity contribution is 9.10. The van der Waals surface area contributed by atoms with Crippen molar-refractivity contribution in [2.75, 3.05) is 20.3 Å². The predicted octanol–water partition coefficient (Wildman–Crippen LogP) is 6.08. The molecule has 0 atom stereocenters. The van der Waals surface area contributed by atoms with E-state index >= 15 is 0 Å². The van der Waals surface area contributed by atoms with Crippen molar-refractivity contribution < 1.29 is 14.3 Å². The lowest BCUT2D eigenvalue weighted by Gasteiger charge is -2.14. The zero-order valence-corrected chi connectivity index (χ0v) is 20.2. The number of thiocarbonyl (C=S) groups is 1. The first-order valence-electron chi connectivity index (χ1n) is 9.83. The molecule has 1 saturated heterocycles. The van der Waals surface area contributed by atoms with E-state index in [1.54, 1.807) is 12.0 Å². The van der Waals surface area contributed by atoms with Crippen LogP contribution < -0.4 is 9.47 Å². The maximum Gasteiger partial charge on any atom is 0.266 e. The monoisotopic (exact) mass is 505 g/mol. The molecule has 4 nitrogen and oxygen atoms in total. The lowest BCUT2D eigenvalue weighted by Crippen LogP contribution is -2.28. The van der Waals surface area contributed by atoms with E-state index in [1.807, 2.05) is 36.4 Å². The zero-order valence-electron chi connectivity index (χ0n) is 17.0. The van der Waals surface area contributed by atoms with Gasteiger partial charge in [-0.15, -0.1) is 0 Å². The van der Waals surface area contributed by atoms with E-state index in [2.05, 4.69) is 35.0 Å². The van der Waals surface area contributed by atoms with Crippen LogP contribution in [0.4, 0.5) is 0 Å². The van der Waals surface area contributed by atoms with Gasteiger partial charge >= 0.3 is 0 Å². The molecule has 1 fully saturated rings. The van der Waals surface area contributed by atoms with Crippen LogP contribution in [0.1, 0.15) is 30.9 Å². The quantitative estimate of drug-likeness (QED) is 0.305. The molecule has 0 aliphatic carbocycles. The number of hydrogen-bond donors (Lipinski definition) is 0.